The van der Waals surface area contributed by atoms with Crippen LogP contribution in [-0.2, 0) is 10.3 Å². The minimum absolute atomic E-state index is 0.0497. The van der Waals surface area contributed by atoms with Crippen LogP contribution in [0, 0.1) is 0 Å². The number of rotatable bonds is 2. The summed E-state index contributed by atoms with van der Waals surface area (Å²) in [5.74, 6) is 0.722. The molecule has 3 heteroatoms. The van der Waals surface area contributed by atoms with E-state index in [1.807, 2.05) is 11.3 Å². The van der Waals surface area contributed by atoms with Crippen molar-refractivity contribution in [1.82, 2.24) is 0 Å². The molecule has 3 rings (SSSR count). The Hall–Kier alpha value is -0.380. The number of nitrogens with two attached hydrogens (primary N) is 1. The minimum atomic E-state index is 0.0497. The first kappa shape index (κ1) is 9.82. The highest BCUT2D eigenvalue weighted by molar-refractivity contribution is 7.12. The van der Waals surface area contributed by atoms with E-state index in [1.165, 1.54) is 35.4 Å². The van der Waals surface area contributed by atoms with Crippen molar-refractivity contribution in [2.75, 3.05) is 13.2 Å². The highest BCUT2D eigenvalue weighted by Gasteiger charge is 2.41. The van der Waals surface area contributed by atoms with Crippen molar-refractivity contribution in [2.24, 2.45) is 5.73 Å². The highest BCUT2D eigenvalue weighted by Crippen LogP contribution is 2.47. The van der Waals surface area contributed by atoms with E-state index < -0.39 is 0 Å². The smallest absolute Gasteiger partial charge is 0.0505 e. The van der Waals surface area contributed by atoms with Crippen molar-refractivity contribution in [3.05, 3.63) is 21.9 Å². The summed E-state index contributed by atoms with van der Waals surface area (Å²) >= 11 is 1.93. The van der Waals surface area contributed by atoms with E-state index in [9.17, 15) is 0 Å². The summed E-state index contributed by atoms with van der Waals surface area (Å²) in [6, 6.07) is 4.52. The summed E-state index contributed by atoms with van der Waals surface area (Å²) in [5, 5.41) is 0. The van der Waals surface area contributed by atoms with Crippen molar-refractivity contribution < 1.29 is 4.74 Å². The second kappa shape index (κ2) is 3.58. The van der Waals surface area contributed by atoms with Crippen molar-refractivity contribution in [1.29, 1.82) is 0 Å². The monoisotopic (exact) mass is 223 g/mol. The minimum Gasteiger partial charge on any atom is -0.381 e. The molecule has 0 bridgehead atoms. The molecule has 1 aliphatic carbocycles. The molecule has 1 saturated carbocycles. The molecule has 0 amide bonds. The van der Waals surface area contributed by atoms with Gasteiger partial charge < -0.3 is 10.5 Å². The lowest BCUT2D eigenvalue weighted by Crippen LogP contribution is -2.16. The van der Waals surface area contributed by atoms with E-state index in [0.29, 0.717) is 0 Å². The number of hydrogen-bond acceptors (Lipinski definition) is 3. The average Bonchev–Trinajstić information content (AvgIpc) is 2.85. The summed E-state index contributed by atoms with van der Waals surface area (Å²) in [5.41, 5.74) is 6.25. The van der Waals surface area contributed by atoms with Gasteiger partial charge in [0.05, 0.1) is 5.54 Å². The average molecular weight is 223 g/mol. The summed E-state index contributed by atoms with van der Waals surface area (Å²) in [7, 11) is 0. The van der Waals surface area contributed by atoms with Gasteiger partial charge in [-0.3, -0.25) is 0 Å². The molecule has 2 heterocycles. The molecule has 15 heavy (non-hydrogen) atoms. The lowest BCUT2D eigenvalue weighted by atomic mass is 9.99. The van der Waals surface area contributed by atoms with E-state index in [2.05, 4.69) is 12.1 Å². The summed E-state index contributed by atoms with van der Waals surface area (Å²) in [6.45, 7) is 1.84. The lowest BCUT2D eigenvalue weighted by molar-refractivity contribution is 0.0860. The van der Waals surface area contributed by atoms with Crippen molar-refractivity contribution in [3.63, 3.8) is 0 Å². The molecule has 0 spiro atoms. The summed E-state index contributed by atoms with van der Waals surface area (Å²) in [4.78, 5) is 2.91. The predicted octanol–water partition coefficient (Wildman–Crippen LogP) is 2.59. The Morgan fingerprint density at radius 2 is 2.00 bits per heavy atom. The van der Waals surface area contributed by atoms with Crippen LogP contribution < -0.4 is 5.73 Å². The molecule has 0 aromatic carbocycles. The third kappa shape index (κ3) is 1.84. The topological polar surface area (TPSA) is 35.2 Å². The molecule has 82 valence electrons. The number of hydrogen-bond donors (Lipinski definition) is 1. The fraction of sp³-hybridized carbons (Fsp3) is 0.667. The Balaban J connectivity index is 1.77. The molecule has 2 nitrogen and oxygen atoms in total. The van der Waals surface area contributed by atoms with E-state index >= 15 is 0 Å². The van der Waals surface area contributed by atoms with Gasteiger partial charge in [-0.2, -0.15) is 0 Å². The Kier molecular flexibility index (Phi) is 2.34. The largest absolute Gasteiger partial charge is 0.381 e. The van der Waals surface area contributed by atoms with Crippen LogP contribution >= 0.6 is 11.3 Å². The van der Waals surface area contributed by atoms with Crippen LogP contribution in [0.2, 0.25) is 0 Å². The van der Waals surface area contributed by atoms with Crippen LogP contribution in [0.15, 0.2) is 12.1 Å². The maximum atomic E-state index is 6.20. The van der Waals surface area contributed by atoms with Gasteiger partial charge in [-0.1, -0.05) is 0 Å². The van der Waals surface area contributed by atoms with Gasteiger partial charge >= 0.3 is 0 Å². The molecule has 1 aliphatic heterocycles. The van der Waals surface area contributed by atoms with Crippen molar-refractivity contribution >= 4 is 11.3 Å². The first-order valence-corrected chi connectivity index (χ1v) is 6.56. The van der Waals surface area contributed by atoms with Crippen LogP contribution in [0.3, 0.4) is 0 Å². The standard InChI is InChI=1S/C12H17NOS/c13-12(5-6-12)11-2-1-10(15-11)9-3-7-14-8-4-9/h1-2,9H,3-8,13H2. The van der Waals surface area contributed by atoms with E-state index in [-0.39, 0.29) is 5.54 Å². The fourth-order valence-electron chi connectivity index (χ4n) is 2.20. The lowest BCUT2D eigenvalue weighted by Gasteiger charge is -2.20. The van der Waals surface area contributed by atoms with Gasteiger partial charge in [0.1, 0.15) is 0 Å². The van der Waals surface area contributed by atoms with Gasteiger partial charge in [-0.15, -0.1) is 11.3 Å². The molecule has 1 saturated heterocycles. The molecule has 0 radical (unpaired) electrons. The van der Waals surface area contributed by atoms with Gasteiger partial charge in [0.15, 0.2) is 0 Å². The summed E-state index contributed by atoms with van der Waals surface area (Å²) in [6.07, 6.45) is 4.69. The van der Waals surface area contributed by atoms with Gasteiger partial charge in [-0.05, 0) is 43.7 Å². The SMILES string of the molecule is NC1(c2ccc(C3CCOCC3)s2)CC1. The Morgan fingerprint density at radius 1 is 1.27 bits per heavy atom. The molecular formula is C12H17NOS. The first-order valence-electron chi connectivity index (χ1n) is 5.75. The van der Waals surface area contributed by atoms with Crippen LogP contribution in [0.5, 0.6) is 0 Å². The van der Waals surface area contributed by atoms with E-state index in [0.717, 1.165) is 19.1 Å². The quantitative estimate of drug-likeness (QED) is 0.836. The molecule has 1 aromatic rings. The van der Waals surface area contributed by atoms with Crippen LogP contribution in [0.1, 0.15) is 41.4 Å². The molecular weight excluding hydrogens is 206 g/mol. The van der Waals surface area contributed by atoms with E-state index in [1.54, 1.807) is 0 Å². The van der Waals surface area contributed by atoms with Crippen molar-refractivity contribution in [3.8, 4) is 0 Å². The molecule has 1 aromatic heterocycles. The Morgan fingerprint density at radius 3 is 2.67 bits per heavy atom. The maximum absolute atomic E-state index is 6.20. The third-order valence-corrected chi connectivity index (χ3v) is 5.00. The fourth-order valence-corrected chi connectivity index (χ4v) is 3.54. The Bertz CT molecular complexity index is 350. The van der Waals surface area contributed by atoms with Crippen LogP contribution in [-0.4, -0.2) is 13.2 Å². The zero-order valence-corrected chi connectivity index (χ0v) is 9.69. The Labute approximate surface area is 94.4 Å². The van der Waals surface area contributed by atoms with Crippen LogP contribution in [0.4, 0.5) is 0 Å². The molecule has 2 fully saturated rings. The van der Waals surface area contributed by atoms with E-state index in [4.69, 9.17) is 10.5 Å². The summed E-state index contributed by atoms with van der Waals surface area (Å²) < 4.78 is 5.39. The normalized spacial score (nSPS) is 25.4. The maximum Gasteiger partial charge on any atom is 0.0505 e. The van der Waals surface area contributed by atoms with Gasteiger partial charge in [0, 0.05) is 23.0 Å². The zero-order valence-electron chi connectivity index (χ0n) is 8.87. The number of thiophene rings is 1. The predicted molar refractivity (Wildman–Crippen MR) is 62.2 cm³/mol. The van der Waals surface area contributed by atoms with Gasteiger partial charge in [0.2, 0.25) is 0 Å². The van der Waals surface area contributed by atoms with Crippen LogP contribution in [0.25, 0.3) is 0 Å². The zero-order chi connectivity index (χ0) is 10.3. The number of ether oxygens (including phenoxy) is 1. The van der Waals surface area contributed by atoms with Gasteiger partial charge in [-0.25, -0.2) is 0 Å². The molecule has 2 N–H and O–H groups in total. The van der Waals surface area contributed by atoms with Gasteiger partial charge in [0.25, 0.3) is 0 Å². The molecule has 0 atom stereocenters. The second-order valence-electron chi connectivity index (χ2n) is 4.74. The second-order valence-corrected chi connectivity index (χ2v) is 5.86. The third-order valence-electron chi connectivity index (χ3n) is 3.53. The highest BCUT2D eigenvalue weighted by atomic mass is 32.1. The molecule has 0 unspecified atom stereocenters. The molecule has 2 aliphatic rings. The first-order chi connectivity index (χ1) is 7.28. The van der Waals surface area contributed by atoms with Crippen molar-refractivity contribution in [2.45, 2.75) is 37.1 Å².